The van der Waals surface area contributed by atoms with E-state index in [0.29, 0.717) is 5.56 Å². The van der Waals surface area contributed by atoms with Crippen molar-refractivity contribution in [1.82, 2.24) is 10.2 Å². The van der Waals surface area contributed by atoms with E-state index in [4.69, 9.17) is 0 Å². The number of aryl methyl sites for hydroxylation is 1. The Hall–Kier alpha value is -2.88. The summed E-state index contributed by atoms with van der Waals surface area (Å²) in [5, 5.41) is 10.5. The third kappa shape index (κ3) is 3.31. The molecule has 0 aliphatic rings. The van der Waals surface area contributed by atoms with E-state index in [0.717, 1.165) is 35.5 Å². The van der Waals surface area contributed by atoms with Gasteiger partial charge in [-0.15, -0.1) is 0 Å². The number of amides is 1. The minimum Gasteiger partial charge on any atom is -0.319 e. The molecule has 0 radical (unpaired) electrons. The highest BCUT2D eigenvalue weighted by molar-refractivity contribution is 6.06. The van der Waals surface area contributed by atoms with Gasteiger partial charge in [0.1, 0.15) is 5.69 Å². The van der Waals surface area contributed by atoms with E-state index in [1.54, 1.807) is 12.1 Å². The number of nitrogens with zero attached hydrogens (tertiary/aromatic N) is 1. The van der Waals surface area contributed by atoms with Crippen molar-refractivity contribution >= 4 is 11.6 Å². The van der Waals surface area contributed by atoms with E-state index >= 15 is 0 Å². The number of nitrogens with one attached hydrogen (secondary N) is 2. The topological polar surface area (TPSA) is 57.8 Å². The zero-order chi connectivity index (χ0) is 16.1. The smallest absolute Gasteiger partial charge is 0.255 e. The molecule has 0 aliphatic heterocycles. The summed E-state index contributed by atoms with van der Waals surface area (Å²) in [6, 6.07) is 19.1. The molecule has 4 nitrogen and oxygen atoms in total. The van der Waals surface area contributed by atoms with Crippen LogP contribution in [0.15, 0.2) is 60.7 Å². The van der Waals surface area contributed by atoms with E-state index in [1.807, 2.05) is 48.5 Å². The minimum absolute atomic E-state index is 0.124. The Morgan fingerprint density at radius 2 is 1.70 bits per heavy atom. The lowest BCUT2D eigenvalue weighted by Gasteiger charge is -2.08. The third-order valence-electron chi connectivity index (χ3n) is 3.66. The van der Waals surface area contributed by atoms with Crippen LogP contribution in [-0.4, -0.2) is 16.1 Å². The second kappa shape index (κ2) is 6.92. The number of aromatic amines is 1. The van der Waals surface area contributed by atoms with E-state index in [-0.39, 0.29) is 5.91 Å². The van der Waals surface area contributed by atoms with Crippen LogP contribution in [0.3, 0.4) is 0 Å². The van der Waals surface area contributed by atoms with Crippen molar-refractivity contribution in [2.45, 2.75) is 19.8 Å². The molecule has 0 atom stereocenters. The van der Waals surface area contributed by atoms with Crippen LogP contribution in [0.4, 0.5) is 5.69 Å². The van der Waals surface area contributed by atoms with Gasteiger partial charge in [-0.05, 0) is 18.6 Å². The maximum Gasteiger partial charge on any atom is 0.255 e. The van der Waals surface area contributed by atoms with Crippen LogP contribution in [0.25, 0.3) is 11.3 Å². The predicted octanol–water partition coefficient (Wildman–Crippen LogP) is 4.28. The van der Waals surface area contributed by atoms with E-state index in [2.05, 4.69) is 22.4 Å². The zero-order valence-electron chi connectivity index (χ0n) is 13.0. The number of hydrogen-bond donors (Lipinski definition) is 2. The molecule has 1 aromatic heterocycles. The zero-order valence-corrected chi connectivity index (χ0v) is 13.0. The molecular formula is C19H19N3O. The molecule has 23 heavy (non-hydrogen) atoms. The first-order valence-corrected chi connectivity index (χ1v) is 7.78. The SMILES string of the molecule is CCCc1[nH]nc(-c2ccccc2)c1NC(=O)c1ccccc1. The Morgan fingerprint density at radius 1 is 1.04 bits per heavy atom. The Labute approximate surface area is 135 Å². The fraction of sp³-hybridized carbons (Fsp3) is 0.158. The lowest BCUT2D eigenvalue weighted by molar-refractivity contribution is 0.102. The van der Waals surface area contributed by atoms with Crippen LogP contribution >= 0.6 is 0 Å². The normalized spacial score (nSPS) is 10.5. The number of carbonyl (C=O) groups is 1. The molecule has 4 heteroatoms. The maximum absolute atomic E-state index is 12.5. The van der Waals surface area contributed by atoms with Gasteiger partial charge < -0.3 is 5.32 Å². The van der Waals surface area contributed by atoms with Crippen molar-refractivity contribution in [3.63, 3.8) is 0 Å². The summed E-state index contributed by atoms with van der Waals surface area (Å²) in [7, 11) is 0. The summed E-state index contributed by atoms with van der Waals surface area (Å²) in [5.74, 6) is -0.124. The number of rotatable bonds is 5. The molecule has 2 N–H and O–H groups in total. The number of hydrogen-bond acceptors (Lipinski definition) is 2. The molecule has 3 rings (SSSR count). The molecule has 0 aliphatic carbocycles. The van der Waals surface area contributed by atoms with Crippen molar-refractivity contribution in [2.24, 2.45) is 0 Å². The molecule has 116 valence electrons. The largest absolute Gasteiger partial charge is 0.319 e. The van der Waals surface area contributed by atoms with Gasteiger partial charge in [-0.1, -0.05) is 61.9 Å². The van der Waals surface area contributed by atoms with Crippen LogP contribution < -0.4 is 5.32 Å². The van der Waals surface area contributed by atoms with Crippen molar-refractivity contribution in [3.8, 4) is 11.3 Å². The minimum atomic E-state index is -0.124. The lowest BCUT2D eigenvalue weighted by Crippen LogP contribution is -2.13. The number of H-pyrrole nitrogens is 1. The Balaban J connectivity index is 1.96. The van der Waals surface area contributed by atoms with Crippen molar-refractivity contribution < 1.29 is 4.79 Å². The average molecular weight is 305 g/mol. The monoisotopic (exact) mass is 305 g/mol. The van der Waals surface area contributed by atoms with Crippen molar-refractivity contribution in [1.29, 1.82) is 0 Å². The van der Waals surface area contributed by atoms with Gasteiger partial charge in [0.15, 0.2) is 0 Å². The number of carbonyl (C=O) groups excluding carboxylic acids is 1. The van der Waals surface area contributed by atoms with E-state index in [1.165, 1.54) is 0 Å². The molecule has 0 bridgehead atoms. The van der Waals surface area contributed by atoms with Crippen molar-refractivity contribution in [2.75, 3.05) is 5.32 Å². The van der Waals surface area contributed by atoms with Gasteiger partial charge >= 0.3 is 0 Å². The standard InChI is InChI=1S/C19H19N3O/c1-2-9-16-18(20-19(23)15-12-7-4-8-13-15)17(22-21-16)14-10-5-3-6-11-14/h3-8,10-13H,2,9H2,1H3,(H,20,23)(H,21,22). The highest BCUT2D eigenvalue weighted by Crippen LogP contribution is 2.29. The number of benzene rings is 2. The molecule has 1 heterocycles. The summed E-state index contributed by atoms with van der Waals surface area (Å²) in [5.41, 5.74) is 4.12. The van der Waals surface area contributed by atoms with E-state index < -0.39 is 0 Å². The second-order valence-electron chi connectivity index (χ2n) is 5.36. The Bertz CT molecular complexity index is 779. The fourth-order valence-corrected chi connectivity index (χ4v) is 2.52. The van der Waals surface area contributed by atoms with Gasteiger partial charge in [-0.3, -0.25) is 9.89 Å². The van der Waals surface area contributed by atoms with Crippen LogP contribution in [-0.2, 0) is 6.42 Å². The molecule has 1 amide bonds. The highest BCUT2D eigenvalue weighted by Gasteiger charge is 2.17. The molecule has 0 spiro atoms. The van der Waals surface area contributed by atoms with Crippen LogP contribution in [0.2, 0.25) is 0 Å². The van der Waals surface area contributed by atoms with E-state index in [9.17, 15) is 4.79 Å². The van der Waals surface area contributed by atoms with Crippen LogP contribution in [0.5, 0.6) is 0 Å². The first kappa shape index (κ1) is 15.0. The molecule has 3 aromatic rings. The summed E-state index contributed by atoms with van der Waals surface area (Å²) in [4.78, 5) is 12.5. The second-order valence-corrected chi connectivity index (χ2v) is 5.36. The van der Waals surface area contributed by atoms with Crippen molar-refractivity contribution in [3.05, 3.63) is 71.9 Å². The summed E-state index contributed by atoms with van der Waals surface area (Å²) >= 11 is 0. The Morgan fingerprint density at radius 3 is 2.35 bits per heavy atom. The highest BCUT2D eigenvalue weighted by atomic mass is 16.1. The predicted molar refractivity (Wildman–Crippen MR) is 92.4 cm³/mol. The first-order valence-electron chi connectivity index (χ1n) is 7.78. The van der Waals surface area contributed by atoms with Crippen LogP contribution in [0, 0.1) is 0 Å². The molecule has 2 aromatic carbocycles. The fourth-order valence-electron chi connectivity index (χ4n) is 2.52. The van der Waals surface area contributed by atoms with Gasteiger partial charge in [0.05, 0.1) is 11.4 Å². The van der Waals surface area contributed by atoms with Crippen LogP contribution in [0.1, 0.15) is 29.4 Å². The third-order valence-corrected chi connectivity index (χ3v) is 3.66. The van der Waals surface area contributed by atoms with Gasteiger partial charge in [0.25, 0.3) is 5.91 Å². The maximum atomic E-state index is 12.5. The quantitative estimate of drug-likeness (QED) is 0.739. The van der Waals surface area contributed by atoms with Gasteiger partial charge in [0.2, 0.25) is 0 Å². The molecule has 0 fully saturated rings. The summed E-state index contributed by atoms with van der Waals surface area (Å²) < 4.78 is 0. The first-order chi connectivity index (χ1) is 11.3. The van der Waals surface area contributed by atoms with Gasteiger partial charge in [0, 0.05) is 11.1 Å². The van der Waals surface area contributed by atoms with Gasteiger partial charge in [-0.2, -0.15) is 5.10 Å². The molecular weight excluding hydrogens is 286 g/mol. The Kier molecular flexibility index (Phi) is 4.52. The average Bonchev–Trinajstić information content (AvgIpc) is 2.99. The molecule has 0 saturated heterocycles. The summed E-state index contributed by atoms with van der Waals surface area (Å²) in [6.45, 7) is 2.10. The van der Waals surface area contributed by atoms with Gasteiger partial charge in [-0.25, -0.2) is 0 Å². The molecule has 0 unspecified atom stereocenters. The number of anilines is 1. The summed E-state index contributed by atoms with van der Waals surface area (Å²) in [6.07, 6.45) is 1.81. The number of aromatic nitrogens is 2. The lowest BCUT2D eigenvalue weighted by atomic mass is 10.1. The molecule has 0 saturated carbocycles.